The highest BCUT2D eigenvalue weighted by molar-refractivity contribution is 8.13. The lowest BCUT2D eigenvalue weighted by Crippen LogP contribution is -2.36. The molecule has 21 heavy (non-hydrogen) atoms. The van der Waals surface area contributed by atoms with E-state index >= 15 is 0 Å². The molecule has 0 spiro atoms. The average molecular weight is 356 g/mol. The fraction of sp³-hybridized carbons (Fsp3) is 0.417. The monoisotopic (exact) mass is 355 g/mol. The third kappa shape index (κ3) is 5.05. The highest BCUT2D eigenvalue weighted by Gasteiger charge is 2.22. The average Bonchev–Trinajstić information content (AvgIpc) is 2.28. The minimum absolute atomic E-state index is 0.0636. The second-order valence-corrected chi connectivity index (χ2v) is 8.64. The molecule has 0 radical (unpaired) electrons. The first-order valence-corrected chi connectivity index (χ1v) is 9.91. The van der Waals surface area contributed by atoms with E-state index in [2.05, 4.69) is 5.32 Å². The maximum absolute atomic E-state index is 13.5. The summed E-state index contributed by atoms with van der Waals surface area (Å²) in [6, 6.07) is 1.30. The molecular weight excluding hydrogens is 341 g/mol. The number of nitrogens with one attached hydrogen (secondary N) is 1. The van der Waals surface area contributed by atoms with Gasteiger partial charge in [-0.3, -0.25) is 9.00 Å². The number of carbonyl (C=O) groups excluding carboxylic acids is 1. The highest BCUT2D eigenvalue weighted by Crippen LogP contribution is 2.24. The van der Waals surface area contributed by atoms with E-state index < -0.39 is 42.5 Å². The van der Waals surface area contributed by atoms with Gasteiger partial charge in [-0.1, -0.05) is 0 Å². The van der Waals surface area contributed by atoms with Gasteiger partial charge in [0.1, 0.15) is 5.82 Å². The molecular formula is C12H15ClFNO4S2. The molecule has 1 amide bonds. The maximum Gasteiger partial charge on any atom is 0.261 e. The van der Waals surface area contributed by atoms with Crippen LogP contribution in [0.1, 0.15) is 22.8 Å². The van der Waals surface area contributed by atoms with E-state index in [4.69, 9.17) is 10.7 Å². The zero-order valence-corrected chi connectivity index (χ0v) is 14.0. The van der Waals surface area contributed by atoms with Crippen LogP contribution in [0.2, 0.25) is 0 Å². The Labute approximate surface area is 129 Å². The van der Waals surface area contributed by atoms with Gasteiger partial charge < -0.3 is 5.32 Å². The third-order valence-electron chi connectivity index (χ3n) is 2.69. The van der Waals surface area contributed by atoms with Crippen LogP contribution in [0.3, 0.4) is 0 Å². The van der Waals surface area contributed by atoms with E-state index in [1.54, 1.807) is 6.92 Å². The van der Waals surface area contributed by atoms with Gasteiger partial charge in [0.15, 0.2) is 0 Å². The van der Waals surface area contributed by atoms with Crippen molar-refractivity contribution in [2.45, 2.75) is 24.8 Å². The van der Waals surface area contributed by atoms with E-state index in [1.165, 1.54) is 13.2 Å². The number of hydrogen-bond donors (Lipinski definition) is 1. The third-order valence-corrected chi connectivity index (χ3v) is 5.11. The summed E-state index contributed by atoms with van der Waals surface area (Å²) in [5.41, 5.74) is -0.0586. The summed E-state index contributed by atoms with van der Waals surface area (Å²) in [7, 11) is -0.0377. The summed E-state index contributed by atoms with van der Waals surface area (Å²) in [4.78, 5) is 11.6. The Balaban J connectivity index is 3.17. The van der Waals surface area contributed by atoms with E-state index in [0.29, 0.717) is 0 Å². The number of hydrogen-bond acceptors (Lipinski definition) is 4. The molecule has 0 aromatic heterocycles. The Morgan fingerprint density at radius 1 is 1.48 bits per heavy atom. The molecule has 0 bridgehead atoms. The zero-order valence-electron chi connectivity index (χ0n) is 11.6. The molecule has 0 fully saturated rings. The predicted octanol–water partition coefficient (Wildman–Crippen LogP) is 1.56. The lowest BCUT2D eigenvalue weighted by Gasteiger charge is -2.15. The van der Waals surface area contributed by atoms with Crippen LogP contribution in [0.15, 0.2) is 17.0 Å². The lowest BCUT2D eigenvalue weighted by atomic mass is 10.1. The minimum atomic E-state index is -4.16. The number of carbonyl (C=O) groups is 1. The minimum Gasteiger partial charge on any atom is -0.349 e. The summed E-state index contributed by atoms with van der Waals surface area (Å²) >= 11 is 0. The summed E-state index contributed by atoms with van der Waals surface area (Å²) in [5, 5.41) is 2.54. The Bertz CT molecular complexity index is 691. The first kappa shape index (κ1) is 18.1. The summed E-state index contributed by atoms with van der Waals surface area (Å²) in [6.45, 7) is 3.01. The maximum atomic E-state index is 13.5. The molecule has 9 heteroatoms. The van der Waals surface area contributed by atoms with Crippen molar-refractivity contribution in [2.75, 3.05) is 12.0 Å². The van der Waals surface area contributed by atoms with Crippen molar-refractivity contribution in [3.63, 3.8) is 0 Å². The SMILES string of the molecule is Cc1c(C(=O)NC(C)CS(C)=O)cc(F)cc1S(=O)(=O)Cl. The van der Waals surface area contributed by atoms with Crippen LogP contribution in [0.25, 0.3) is 0 Å². The Kier molecular flexibility index (Phi) is 5.89. The van der Waals surface area contributed by atoms with Crippen LogP contribution in [0, 0.1) is 12.7 Å². The van der Waals surface area contributed by atoms with Crippen LogP contribution in [-0.2, 0) is 19.9 Å². The van der Waals surface area contributed by atoms with Crippen molar-refractivity contribution >= 4 is 36.4 Å². The van der Waals surface area contributed by atoms with Crippen LogP contribution in [-0.4, -0.2) is 36.6 Å². The molecule has 0 aliphatic heterocycles. The molecule has 1 rings (SSSR count). The molecule has 1 aromatic carbocycles. The van der Waals surface area contributed by atoms with Gasteiger partial charge in [0.25, 0.3) is 15.0 Å². The first-order valence-electron chi connectivity index (χ1n) is 5.88. The predicted molar refractivity (Wildman–Crippen MR) is 80.0 cm³/mol. The topological polar surface area (TPSA) is 80.3 Å². The molecule has 2 atom stereocenters. The second kappa shape index (κ2) is 6.85. The normalized spacial score (nSPS) is 14.5. The quantitative estimate of drug-likeness (QED) is 0.813. The Morgan fingerprint density at radius 2 is 2.05 bits per heavy atom. The number of rotatable bonds is 5. The van der Waals surface area contributed by atoms with Crippen molar-refractivity contribution in [2.24, 2.45) is 0 Å². The highest BCUT2D eigenvalue weighted by atomic mass is 35.7. The Morgan fingerprint density at radius 3 is 2.52 bits per heavy atom. The van der Waals surface area contributed by atoms with Crippen molar-refractivity contribution in [3.8, 4) is 0 Å². The van der Waals surface area contributed by atoms with Crippen molar-refractivity contribution < 1.29 is 21.8 Å². The molecule has 0 saturated carbocycles. The first-order chi connectivity index (χ1) is 9.52. The van der Waals surface area contributed by atoms with E-state index in [-0.39, 0.29) is 16.9 Å². The van der Waals surface area contributed by atoms with E-state index in [0.717, 1.165) is 12.1 Å². The molecule has 1 N–H and O–H groups in total. The van der Waals surface area contributed by atoms with Crippen molar-refractivity contribution in [1.82, 2.24) is 5.32 Å². The molecule has 2 unspecified atom stereocenters. The number of halogens is 2. The van der Waals surface area contributed by atoms with Gasteiger partial charge in [0, 0.05) is 45.1 Å². The molecule has 1 aromatic rings. The van der Waals surface area contributed by atoms with Crippen molar-refractivity contribution in [3.05, 3.63) is 29.1 Å². The number of amides is 1. The molecule has 0 saturated heterocycles. The van der Waals surface area contributed by atoms with Crippen molar-refractivity contribution in [1.29, 1.82) is 0 Å². The van der Waals surface area contributed by atoms with Gasteiger partial charge in [-0.2, -0.15) is 0 Å². The smallest absolute Gasteiger partial charge is 0.261 e. The summed E-state index contributed by atoms with van der Waals surface area (Å²) in [6.07, 6.45) is 1.49. The van der Waals surface area contributed by atoms with E-state index in [9.17, 15) is 21.8 Å². The molecule has 118 valence electrons. The second-order valence-electron chi connectivity index (χ2n) is 4.63. The van der Waals surface area contributed by atoms with Crippen LogP contribution < -0.4 is 5.32 Å². The summed E-state index contributed by atoms with van der Waals surface area (Å²) < 4.78 is 47.3. The van der Waals surface area contributed by atoms with Gasteiger partial charge in [-0.15, -0.1) is 0 Å². The molecule has 0 aliphatic carbocycles. The fourth-order valence-electron chi connectivity index (χ4n) is 1.84. The fourth-order valence-corrected chi connectivity index (χ4v) is 3.84. The largest absolute Gasteiger partial charge is 0.349 e. The molecule has 0 aliphatic rings. The standard InChI is InChI=1S/C12H15ClFNO4S2/c1-7(6-20(3)17)15-12(16)10-4-9(14)5-11(8(10)2)21(13,18)19/h4-5,7H,6H2,1-3H3,(H,15,16). The van der Waals surface area contributed by atoms with Crippen LogP contribution >= 0.6 is 10.7 Å². The lowest BCUT2D eigenvalue weighted by molar-refractivity contribution is 0.0942. The number of benzene rings is 1. The summed E-state index contributed by atoms with van der Waals surface area (Å²) in [5.74, 6) is -1.29. The van der Waals surface area contributed by atoms with Gasteiger partial charge >= 0.3 is 0 Å². The van der Waals surface area contributed by atoms with Gasteiger partial charge in [0.2, 0.25) is 0 Å². The van der Waals surface area contributed by atoms with E-state index in [1.807, 2.05) is 0 Å². The van der Waals surface area contributed by atoms with Crippen LogP contribution in [0.4, 0.5) is 4.39 Å². The molecule has 0 heterocycles. The van der Waals surface area contributed by atoms with Gasteiger partial charge in [0.05, 0.1) is 4.90 Å². The van der Waals surface area contributed by atoms with Crippen LogP contribution in [0.5, 0.6) is 0 Å². The zero-order chi connectivity index (χ0) is 16.4. The Hall–Kier alpha value is -0.990. The molecule has 5 nitrogen and oxygen atoms in total. The van der Waals surface area contributed by atoms with Gasteiger partial charge in [-0.05, 0) is 31.5 Å². The van der Waals surface area contributed by atoms with Gasteiger partial charge in [-0.25, -0.2) is 12.8 Å².